The summed E-state index contributed by atoms with van der Waals surface area (Å²) in [7, 11) is 2.01. The molecule has 0 unspecified atom stereocenters. The van der Waals surface area contributed by atoms with Gasteiger partial charge in [0.25, 0.3) is 0 Å². The summed E-state index contributed by atoms with van der Waals surface area (Å²) in [5, 5.41) is 0. The van der Waals surface area contributed by atoms with Crippen molar-refractivity contribution in [3.63, 3.8) is 0 Å². The molecule has 1 aliphatic rings. The molecule has 0 spiro atoms. The van der Waals surface area contributed by atoms with Crippen LogP contribution in [0.15, 0.2) is 0 Å². The third-order valence-electron chi connectivity index (χ3n) is 3.08. The first kappa shape index (κ1) is 11.9. The zero-order valence-corrected chi connectivity index (χ0v) is 9.67. The third kappa shape index (κ3) is 3.54. The summed E-state index contributed by atoms with van der Waals surface area (Å²) < 4.78 is 12.1. The highest BCUT2D eigenvalue weighted by Gasteiger charge is 2.24. The normalized spacial score (nSPS) is 24.0. The Morgan fingerprint density at radius 3 is 2.71 bits per heavy atom. The van der Waals surface area contributed by atoms with Crippen LogP contribution in [-0.4, -0.2) is 55.7 Å². The second-order valence-electron chi connectivity index (χ2n) is 4.69. The van der Waals surface area contributed by atoms with E-state index in [1.807, 2.05) is 7.05 Å². The van der Waals surface area contributed by atoms with Gasteiger partial charge < -0.3 is 9.80 Å². The molecule has 0 radical (unpaired) electrons. The van der Waals surface area contributed by atoms with Crippen LogP contribution >= 0.6 is 0 Å². The Morgan fingerprint density at radius 2 is 2.21 bits per heavy atom. The Kier molecular flexibility index (Phi) is 4.82. The average Bonchev–Trinajstić information content (AvgIpc) is 2.53. The molecule has 1 heterocycles. The molecule has 0 saturated carbocycles. The highest BCUT2D eigenvalue weighted by Crippen LogP contribution is 2.18. The standard InChI is InChI=1S/C11H23FN2/c1-10(2)14-6-4-11(9-14)8-13(3)7-5-12/h10-11H,4-9H2,1-3H3/t11-/m1/s1. The minimum absolute atomic E-state index is 0.225. The summed E-state index contributed by atoms with van der Waals surface area (Å²) in [4.78, 5) is 4.61. The Morgan fingerprint density at radius 1 is 1.50 bits per heavy atom. The van der Waals surface area contributed by atoms with E-state index in [0.717, 1.165) is 12.5 Å². The fraction of sp³-hybridized carbons (Fsp3) is 1.00. The molecule has 0 aromatic carbocycles. The molecular weight excluding hydrogens is 179 g/mol. The summed E-state index contributed by atoms with van der Waals surface area (Å²) in [5.74, 6) is 0.744. The Labute approximate surface area is 87.1 Å². The van der Waals surface area contributed by atoms with Crippen molar-refractivity contribution >= 4 is 0 Å². The summed E-state index contributed by atoms with van der Waals surface area (Å²) in [6.45, 7) is 8.30. The predicted molar refractivity (Wildman–Crippen MR) is 58.3 cm³/mol. The Bertz CT molecular complexity index is 161. The lowest BCUT2D eigenvalue weighted by Crippen LogP contribution is -2.32. The molecule has 0 aliphatic carbocycles. The van der Waals surface area contributed by atoms with Crippen molar-refractivity contribution in [2.75, 3.05) is 39.9 Å². The van der Waals surface area contributed by atoms with E-state index in [9.17, 15) is 4.39 Å². The maximum Gasteiger partial charge on any atom is 0.102 e. The van der Waals surface area contributed by atoms with Crippen LogP contribution in [0.2, 0.25) is 0 Å². The van der Waals surface area contributed by atoms with Gasteiger partial charge in [0.15, 0.2) is 0 Å². The first-order valence-electron chi connectivity index (χ1n) is 5.62. The minimum atomic E-state index is -0.225. The zero-order valence-electron chi connectivity index (χ0n) is 9.67. The topological polar surface area (TPSA) is 6.48 Å². The van der Waals surface area contributed by atoms with Crippen LogP contribution in [0.5, 0.6) is 0 Å². The molecule has 0 aromatic rings. The maximum atomic E-state index is 12.1. The van der Waals surface area contributed by atoms with Crippen LogP contribution in [0.4, 0.5) is 4.39 Å². The van der Waals surface area contributed by atoms with Gasteiger partial charge in [-0.3, -0.25) is 0 Å². The number of likely N-dealkylation sites (tertiary alicyclic amines) is 1. The van der Waals surface area contributed by atoms with E-state index < -0.39 is 0 Å². The Hall–Kier alpha value is -0.150. The summed E-state index contributed by atoms with van der Waals surface area (Å²) in [6.07, 6.45) is 1.27. The smallest absolute Gasteiger partial charge is 0.102 e. The van der Waals surface area contributed by atoms with Crippen molar-refractivity contribution in [1.82, 2.24) is 9.80 Å². The van der Waals surface area contributed by atoms with Crippen LogP contribution in [-0.2, 0) is 0 Å². The summed E-state index contributed by atoms with van der Waals surface area (Å²) >= 11 is 0. The lowest BCUT2D eigenvalue weighted by molar-refractivity contribution is 0.229. The minimum Gasteiger partial charge on any atom is -0.303 e. The molecular formula is C11H23FN2. The first-order chi connectivity index (χ1) is 6.63. The monoisotopic (exact) mass is 202 g/mol. The van der Waals surface area contributed by atoms with Crippen molar-refractivity contribution in [1.29, 1.82) is 0 Å². The number of hydrogen-bond donors (Lipinski definition) is 0. The van der Waals surface area contributed by atoms with Crippen molar-refractivity contribution in [3.05, 3.63) is 0 Å². The largest absolute Gasteiger partial charge is 0.303 e. The van der Waals surface area contributed by atoms with Gasteiger partial charge in [-0.1, -0.05) is 0 Å². The van der Waals surface area contributed by atoms with Crippen LogP contribution in [0.25, 0.3) is 0 Å². The number of rotatable bonds is 5. The molecule has 14 heavy (non-hydrogen) atoms. The van der Waals surface area contributed by atoms with Gasteiger partial charge in [-0.25, -0.2) is 4.39 Å². The lowest BCUT2D eigenvalue weighted by atomic mass is 10.1. The molecule has 2 nitrogen and oxygen atoms in total. The molecule has 1 rings (SSSR count). The van der Waals surface area contributed by atoms with E-state index in [0.29, 0.717) is 12.6 Å². The quantitative estimate of drug-likeness (QED) is 0.668. The molecule has 1 saturated heterocycles. The Balaban J connectivity index is 2.21. The fourth-order valence-corrected chi connectivity index (χ4v) is 2.16. The van der Waals surface area contributed by atoms with E-state index in [1.165, 1.54) is 19.5 Å². The van der Waals surface area contributed by atoms with Gasteiger partial charge in [0.05, 0.1) is 0 Å². The number of alkyl halides is 1. The predicted octanol–water partition coefficient (Wildman–Crippen LogP) is 1.62. The van der Waals surface area contributed by atoms with Crippen LogP contribution in [0.1, 0.15) is 20.3 Å². The van der Waals surface area contributed by atoms with Gasteiger partial charge in [-0.2, -0.15) is 0 Å². The average molecular weight is 202 g/mol. The van der Waals surface area contributed by atoms with E-state index in [4.69, 9.17) is 0 Å². The SMILES string of the molecule is CC(C)N1CC[C@H](CN(C)CCF)C1. The van der Waals surface area contributed by atoms with E-state index in [1.54, 1.807) is 0 Å². The summed E-state index contributed by atoms with van der Waals surface area (Å²) in [6, 6.07) is 0.659. The van der Waals surface area contributed by atoms with Gasteiger partial charge in [0.2, 0.25) is 0 Å². The van der Waals surface area contributed by atoms with Gasteiger partial charge in [-0.05, 0) is 39.8 Å². The molecule has 1 fully saturated rings. The molecule has 1 aliphatic heterocycles. The van der Waals surface area contributed by atoms with Crippen molar-refractivity contribution < 1.29 is 4.39 Å². The highest BCUT2D eigenvalue weighted by atomic mass is 19.1. The molecule has 0 aromatic heterocycles. The molecule has 0 bridgehead atoms. The molecule has 84 valence electrons. The van der Waals surface area contributed by atoms with Crippen LogP contribution < -0.4 is 0 Å². The van der Waals surface area contributed by atoms with Crippen molar-refractivity contribution in [2.45, 2.75) is 26.3 Å². The molecule has 1 atom stereocenters. The van der Waals surface area contributed by atoms with Gasteiger partial charge in [0.1, 0.15) is 6.67 Å². The molecule has 0 N–H and O–H groups in total. The third-order valence-corrected chi connectivity index (χ3v) is 3.08. The second kappa shape index (κ2) is 5.66. The molecule has 0 amide bonds. The van der Waals surface area contributed by atoms with Crippen molar-refractivity contribution in [2.24, 2.45) is 5.92 Å². The van der Waals surface area contributed by atoms with E-state index in [2.05, 4.69) is 23.6 Å². The molecule has 3 heteroatoms. The fourth-order valence-electron chi connectivity index (χ4n) is 2.16. The van der Waals surface area contributed by atoms with Gasteiger partial charge in [0, 0.05) is 25.7 Å². The van der Waals surface area contributed by atoms with Gasteiger partial charge >= 0.3 is 0 Å². The van der Waals surface area contributed by atoms with Gasteiger partial charge in [-0.15, -0.1) is 0 Å². The number of halogens is 1. The number of hydrogen-bond acceptors (Lipinski definition) is 2. The first-order valence-corrected chi connectivity index (χ1v) is 5.62. The van der Waals surface area contributed by atoms with E-state index in [-0.39, 0.29) is 6.67 Å². The lowest BCUT2D eigenvalue weighted by Gasteiger charge is -2.22. The zero-order chi connectivity index (χ0) is 10.6. The highest BCUT2D eigenvalue weighted by molar-refractivity contribution is 4.79. The van der Waals surface area contributed by atoms with E-state index >= 15 is 0 Å². The second-order valence-corrected chi connectivity index (χ2v) is 4.69. The number of nitrogens with zero attached hydrogens (tertiary/aromatic N) is 2. The summed E-state index contributed by atoms with van der Waals surface area (Å²) in [5.41, 5.74) is 0. The maximum absolute atomic E-state index is 12.1. The van der Waals surface area contributed by atoms with Crippen LogP contribution in [0, 0.1) is 5.92 Å². The van der Waals surface area contributed by atoms with Crippen molar-refractivity contribution in [3.8, 4) is 0 Å². The van der Waals surface area contributed by atoms with Crippen LogP contribution in [0.3, 0.4) is 0 Å².